The normalized spacial score (nSPS) is 15.2. The molecule has 0 unspecified atom stereocenters. The lowest BCUT2D eigenvalue weighted by atomic mass is 10.2. The largest absolute Gasteiger partial charge is 0.496 e. The van der Waals surface area contributed by atoms with Gasteiger partial charge in [0.05, 0.1) is 18.3 Å². The van der Waals surface area contributed by atoms with Crippen LogP contribution in [0.2, 0.25) is 0 Å². The summed E-state index contributed by atoms with van der Waals surface area (Å²) < 4.78 is 12.2. The molecule has 1 aliphatic heterocycles. The van der Waals surface area contributed by atoms with Crippen molar-refractivity contribution in [3.8, 4) is 5.75 Å². The Kier molecular flexibility index (Phi) is 4.35. The highest BCUT2D eigenvalue weighted by Crippen LogP contribution is 2.33. The van der Waals surface area contributed by atoms with Crippen LogP contribution in [-0.2, 0) is 9.53 Å². The topological polar surface area (TPSA) is 89.9 Å². The van der Waals surface area contributed by atoms with Crippen molar-refractivity contribution in [1.82, 2.24) is 9.88 Å². The maximum absolute atomic E-state index is 12.5. The van der Waals surface area contributed by atoms with Crippen LogP contribution in [0.1, 0.15) is 27.2 Å². The fraction of sp³-hybridized carbons (Fsp3) is 0.389. The Morgan fingerprint density at radius 2 is 1.96 bits per heavy atom. The van der Waals surface area contributed by atoms with E-state index in [0.717, 1.165) is 5.39 Å². The summed E-state index contributed by atoms with van der Waals surface area (Å²) in [6.07, 6.45) is 1.29. The third-order valence-corrected chi connectivity index (χ3v) is 3.93. The van der Waals surface area contributed by atoms with Crippen LogP contribution in [0.5, 0.6) is 5.75 Å². The Morgan fingerprint density at radius 3 is 2.58 bits per heavy atom. The molecule has 3 amide bonds. The van der Waals surface area contributed by atoms with Gasteiger partial charge in [0, 0.05) is 30.6 Å². The molecule has 1 aromatic heterocycles. The van der Waals surface area contributed by atoms with Crippen molar-refractivity contribution >= 4 is 34.6 Å². The van der Waals surface area contributed by atoms with E-state index in [4.69, 9.17) is 9.47 Å². The zero-order valence-electron chi connectivity index (χ0n) is 15.2. The Labute approximate surface area is 150 Å². The van der Waals surface area contributed by atoms with E-state index < -0.39 is 17.7 Å². The lowest BCUT2D eigenvalue weighted by Crippen LogP contribution is -2.49. The number of amides is 3. The van der Waals surface area contributed by atoms with Crippen LogP contribution in [-0.4, -0.2) is 41.9 Å². The summed E-state index contributed by atoms with van der Waals surface area (Å²) >= 11 is 0. The molecule has 1 aromatic carbocycles. The van der Waals surface area contributed by atoms with Crippen LogP contribution < -0.4 is 15.0 Å². The third kappa shape index (κ3) is 3.35. The Balaban J connectivity index is 2.06. The van der Waals surface area contributed by atoms with E-state index in [1.54, 1.807) is 45.2 Å². The molecule has 2 heterocycles. The number of hydrogen-bond acceptors (Lipinski definition) is 5. The van der Waals surface area contributed by atoms with E-state index >= 15 is 0 Å². The average Bonchev–Trinajstić information content (AvgIpc) is 2.96. The van der Waals surface area contributed by atoms with Gasteiger partial charge in [0.25, 0.3) is 0 Å². The van der Waals surface area contributed by atoms with Gasteiger partial charge in [-0.3, -0.25) is 19.6 Å². The second-order valence-electron chi connectivity index (χ2n) is 7.00. The number of ether oxygens (including phenoxy) is 2. The van der Waals surface area contributed by atoms with Crippen LogP contribution in [0.25, 0.3) is 10.9 Å². The Bertz CT molecular complexity index is 894. The molecule has 1 N–H and O–H groups in total. The van der Waals surface area contributed by atoms with Gasteiger partial charge >= 0.3 is 12.1 Å². The Hall–Kier alpha value is -3.03. The third-order valence-electron chi connectivity index (χ3n) is 3.93. The quantitative estimate of drug-likeness (QED) is 0.890. The number of urea groups is 1. The zero-order valence-corrected chi connectivity index (χ0v) is 15.2. The maximum atomic E-state index is 12.5. The number of methoxy groups -OCH3 is 1. The molecule has 0 aliphatic carbocycles. The number of hydrogen-bond donors (Lipinski definition) is 1. The minimum atomic E-state index is -0.636. The molecular formula is C18H21N3O5. The number of rotatable bonds is 2. The number of fused-ring (bicyclic) bond motifs is 1. The van der Waals surface area contributed by atoms with Gasteiger partial charge in [0.15, 0.2) is 0 Å². The SMILES string of the molecule is COc1cc(N2CCC(=O)NC2=O)cc2c1ccn2C(=O)OC(C)(C)C. The van der Waals surface area contributed by atoms with Gasteiger partial charge in [0.1, 0.15) is 11.4 Å². The first-order chi connectivity index (χ1) is 12.2. The van der Waals surface area contributed by atoms with Gasteiger partial charge in [-0.1, -0.05) is 0 Å². The predicted octanol–water partition coefficient (Wildman–Crippen LogP) is 2.88. The van der Waals surface area contributed by atoms with Crippen LogP contribution in [0, 0.1) is 0 Å². The van der Waals surface area contributed by atoms with E-state index in [1.165, 1.54) is 16.6 Å². The van der Waals surface area contributed by atoms with Gasteiger partial charge in [-0.2, -0.15) is 0 Å². The minimum Gasteiger partial charge on any atom is -0.496 e. The molecule has 3 rings (SSSR count). The van der Waals surface area contributed by atoms with E-state index in [2.05, 4.69) is 5.32 Å². The first kappa shape index (κ1) is 17.8. The predicted molar refractivity (Wildman–Crippen MR) is 95.6 cm³/mol. The van der Waals surface area contributed by atoms with Crippen molar-refractivity contribution in [3.63, 3.8) is 0 Å². The highest BCUT2D eigenvalue weighted by molar-refractivity contribution is 6.07. The van der Waals surface area contributed by atoms with Crippen LogP contribution in [0.4, 0.5) is 15.3 Å². The second-order valence-corrected chi connectivity index (χ2v) is 7.00. The molecule has 0 spiro atoms. The molecule has 0 saturated carbocycles. The molecule has 0 radical (unpaired) electrons. The molecule has 26 heavy (non-hydrogen) atoms. The van der Waals surface area contributed by atoms with Gasteiger partial charge in [-0.25, -0.2) is 9.59 Å². The number of nitrogens with one attached hydrogen (secondary N) is 1. The van der Waals surface area contributed by atoms with Gasteiger partial charge in [0.2, 0.25) is 5.91 Å². The van der Waals surface area contributed by atoms with Gasteiger partial charge in [-0.15, -0.1) is 0 Å². The number of carbonyl (C=O) groups excluding carboxylic acids is 3. The van der Waals surface area contributed by atoms with E-state index in [1.807, 2.05) is 0 Å². The molecular weight excluding hydrogens is 338 g/mol. The second kappa shape index (κ2) is 6.36. The van der Waals surface area contributed by atoms with Crippen molar-refractivity contribution < 1.29 is 23.9 Å². The molecule has 0 atom stereocenters. The average molecular weight is 359 g/mol. The first-order valence-corrected chi connectivity index (χ1v) is 8.23. The van der Waals surface area contributed by atoms with Crippen molar-refractivity contribution in [1.29, 1.82) is 0 Å². The molecule has 1 aliphatic rings. The summed E-state index contributed by atoms with van der Waals surface area (Å²) in [5.74, 6) is 0.209. The zero-order chi connectivity index (χ0) is 19.1. The first-order valence-electron chi connectivity index (χ1n) is 8.23. The molecule has 8 heteroatoms. The van der Waals surface area contributed by atoms with Crippen LogP contribution >= 0.6 is 0 Å². The summed E-state index contributed by atoms with van der Waals surface area (Å²) in [6.45, 7) is 5.62. The maximum Gasteiger partial charge on any atom is 0.418 e. The van der Waals surface area contributed by atoms with Gasteiger partial charge < -0.3 is 9.47 Å². The molecule has 2 aromatic rings. The summed E-state index contributed by atoms with van der Waals surface area (Å²) in [5.41, 5.74) is 0.448. The monoisotopic (exact) mass is 359 g/mol. The van der Waals surface area contributed by atoms with Gasteiger partial charge in [-0.05, 0) is 32.9 Å². The number of nitrogens with zero attached hydrogens (tertiary/aromatic N) is 2. The molecule has 138 valence electrons. The number of aromatic nitrogens is 1. The summed E-state index contributed by atoms with van der Waals surface area (Å²) in [6, 6.07) is 4.66. The van der Waals surface area contributed by atoms with E-state index in [9.17, 15) is 14.4 Å². The van der Waals surface area contributed by atoms with Crippen LogP contribution in [0.3, 0.4) is 0 Å². The smallest absolute Gasteiger partial charge is 0.418 e. The molecule has 0 bridgehead atoms. The summed E-state index contributed by atoms with van der Waals surface area (Å²) in [7, 11) is 1.52. The highest BCUT2D eigenvalue weighted by atomic mass is 16.6. The van der Waals surface area contributed by atoms with Crippen molar-refractivity contribution in [2.24, 2.45) is 0 Å². The molecule has 1 saturated heterocycles. The lowest BCUT2D eigenvalue weighted by molar-refractivity contribution is -0.120. The van der Waals surface area contributed by atoms with Crippen molar-refractivity contribution in [2.45, 2.75) is 32.8 Å². The summed E-state index contributed by atoms with van der Waals surface area (Å²) in [5, 5.41) is 3.00. The number of anilines is 1. The fourth-order valence-electron chi connectivity index (χ4n) is 2.80. The lowest BCUT2D eigenvalue weighted by Gasteiger charge is -2.27. The molecule has 1 fully saturated rings. The standard InChI is InChI=1S/C18H21N3O5/c1-18(2,3)26-17(24)21-7-5-12-13(21)9-11(10-14(12)25-4)20-8-6-15(22)19-16(20)23/h5,7,9-10H,6,8H2,1-4H3,(H,19,22,23). The minimum absolute atomic E-state index is 0.208. The van der Waals surface area contributed by atoms with Crippen molar-refractivity contribution in [3.05, 3.63) is 24.4 Å². The Morgan fingerprint density at radius 1 is 1.23 bits per heavy atom. The number of benzene rings is 1. The summed E-state index contributed by atoms with van der Waals surface area (Å²) in [4.78, 5) is 37.4. The number of carbonyl (C=O) groups is 3. The molecule has 8 nitrogen and oxygen atoms in total. The fourth-order valence-corrected chi connectivity index (χ4v) is 2.80. The van der Waals surface area contributed by atoms with Crippen molar-refractivity contribution in [2.75, 3.05) is 18.6 Å². The van der Waals surface area contributed by atoms with E-state index in [0.29, 0.717) is 17.0 Å². The van der Waals surface area contributed by atoms with E-state index in [-0.39, 0.29) is 18.9 Å². The number of imide groups is 1. The van der Waals surface area contributed by atoms with Crippen LogP contribution in [0.15, 0.2) is 24.4 Å². The highest BCUT2D eigenvalue weighted by Gasteiger charge is 2.26.